The third kappa shape index (κ3) is 5.57. The molecule has 38 heavy (non-hydrogen) atoms. The normalized spacial score (nSPS) is 28.5. The molecule has 0 radical (unpaired) electrons. The highest BCUT2D eigenvalue weighted by molar-refractivity contribution is 7.89. The number of sulfonamides is 1. The Morgan fingerprint density at radius 1 is 0.947 bits per heavy atom. The summed E-state index contributed by atoms with van der Waals surface area (Å²) in [5, 5.41) is 0. The number of piperidine rings is 2. The molecule has 4 aliphatic heterocycles. The molecule has 4 heterocycles. The first-order valence-electron chi connectivity index (χ1n) is 14.2. The fourth-order valence-electron chi connectivity index (χ4n) is 7.20. The molecule has 6 rings (SSSR count). The van der Waals surface area contributed by atoms with Gasteiger partial charge in [-0.1, -0.05) is 19.3 Å². The van der Waals surface area contributed by atoms with E-state index in [0.29, 0.717) is 12.5 Å². The lowest BCUT2D eigenvalue weighted by molar-refractivity contribution is 0.0219. The second kappa shape index (κ2) is 10.9. The van der Waals surface area contributed by atoms with Gasteiger partial charge in [-0.25, -0.2) is 13.1 Å². The van der Waals surface area contributed by atoms with E-state index >= 15 is 0 Å². The molecule has 0 amide bonds. The summed E-state index contributed by atoms with van der Waals surface area (Å²) < 4.78 is 70.1. The molecule has 0 aromatic heterocycles. The molecule has 2 N–H and O–H groups in total. The molecule has 1 aliphatic carbocycles. The first-order chi connectivity index (χ1) is 18.3. The standard InChI is InChI=1S/C26H40N4O6S2/c31-37(32,13-5-10-27-38(33,34)28-21-7-2-1-3-8-21)30-11-4-6-20-17-29-12-9-19-14-25-26(36-18-35-25)15-22(19)24(29)16-23(20)30/h14-15,20-21,23-24,27-28H,1-13,16-18H2/t20-,23+,24+/m1/s1. The fraction of sp³-hybridized carbons (Fsp3) is 0.769. The van der Waals surface area contributed by atoms with Crippen LogP contribution in [0.15, 0.2) is 12.1 Å². The molecule has 3 atom stereocenters. The van der Waals surface area contributed by atoms with Crippen LogP contribution in [0.25, 0.3) is 0 Å². The van der Waals surface area contributed by atoms with Crippen molar-refractivity contribution in [3.8, 4) is 11.5 Å². The summed E-state index contributed by atoms with van der Waals surface area (Å²) in [5.74, 6) is 1.85. The second-order valence-electron chi connectivity index (χ2n) is 11.5. The summed E-state index contributed by atoms with van der Waals surface area (Å²) in [4.78, 5) is 2.52. The van der Waals surface area contributed by atoms with Crippen molar-refractivity contribution >= 4 is 20.2 Å². The van der Waals surface area contributed by atoms with Gasteiger partial charge in [0.2, 0.25) is 16.8 Å². The highest BCUT2D eigenvalue weighted by Crippen LogP contribution is 2.46. The molecule has 1 aromatic rings. The number of ether oxygens (including phenoxy) is 2. The number of benzene rings is 1. The van der Waals surface area contributed by atoms with Crippen molar-refractivity contribution in [1.82, 2.24) is 18.6 Å². The average Bonchev–Trinajstić information content (AvgIpc) is 3.36. The Morgan fingerprint density at radius 2 is 1.74 bits per heavy atom. The van der Waals surface area contributed by atoms with Crippen molar-refractivity contribution in [2.75, 3.05) is 38.7 Å². The maximum absolute atomic E-state index is 13.5. The summed E-state index contributed by atoms with van der Waals surface area (Å²) in [6.07, 6.45) is 8.85. The van der Waals surface area contributed by atoms with Gasteiger partial charge in [-0.2, -0.15) is 17.4 Å². The van der Waals surface area contributed by atoms with Gasteiger partial charge in [-0.3, -0.25) is 4.90 Å². The molecular weight excluding hydrogens is 528 g/mol. The van der Waals surface area contributed by atoms with Gasteiger partial charge in [0, 0.05) is 44.3 Å². The predicted octanol–water partition coefficient (Wildman–Crippen LogP) is 2.28. The van der Waals surface area contributed by atoms with E-state index in [2.05, 4.69) is 26.5 Å². The topological polar surface area (TPSA) is 117 Å². The van der Waals surface area contributed by atoms with Crippen LogP contribution in [0, 0.1) is 5.92 Å². The minimum atomic E-state index is -3.62. The lowest BCUT2D eigenvalue weighted by Gasteiger charge is -2.51. The highest BCUT2D eigenvalue weighted by Gasteiger charge is 2.46. The number of hydrogen-bond acceptors (Lipinski definition) is 7. The second-order valence-corrected chi connectivity index (χ2v) is 15.1. The van der Waals surface area contributed by atoms with Crippen molar-refractivity contribution < 1.29 is 26.3 Å². The number of nitrogens with zero attached hydrogens (tertiary/aromatic N) is 2. The van der Waals surface area contributed by atoms with Gasteiger partial charge in [0.05, 0.1) is 5.75 Å². The van der Waals surface area contributed by atoms with Gasteiger partial charge in [0.15, 0.2) is 11.5 Å². The van der Waals surface area contributed by atoms with Crippen LogP contribution < -0.4 is 18.9 Å². The molecule has 3 fully saturated rings. The summed E-state index contributed by atoms with van der Waals surface area (Å²) >= 11 is 0. The van der Waals surface area contributed by atoms with Crippen LogP contribution in [0.2, 0.25) is 0 Å². The maximum Gasteiger partial charge on any atom is 0.277 e. The molecule has 2 saturated heterocycles. The monoisotopic (exact) mass is 568 g/mol. The summed E-state index contributed by atoms with van der Waals surface area (Å²) in [6, 6.07) is 4.31. The van der Waals surface area contributed by atoms with Crippen molar-refractivity contribution in [1.29, 1.82) is 0 Å². The number of nitrogens with one attached hydrogen (secondary N) is 2. The van der Waals surface area contributed by atoms with Crippen LogP contribution in [-0.4, -0.2) is 76.8 Å². The van der Waals surface area contributed by atoms with E-state index in [1.807, 2.05) is 0 Å². The Morgan fingerprint density at radius 3 is 2.55 bits per heavy atom. The number of rotatable bonds is 8. The lowest BCUT2D eigenvalue weighted by Crippen LogP contribution is -2.57. The van der Waals surface area contributed by atoms with E-state index in [9.17, 15) is 16.8 Å². The van der Waals surface area contributed by atoms with Crippen LogP contribution >= 0.6 is 0 Å². The first-order valence-corrected chi connectivity index (χ1v) is 17.3. The zero-order valence-corrected chi connectivity index (χ0v) is 23.6. The first kappa shape index (κ1) is 26.8. The zero-order chi connectivity index (χ0) is 26.3. The Bertz CT molecular complexity index is 1230. The van der Waals surface area contributed by atoms with Crippen molar-refractivity contribution in [3.63, 3.8) is 0 Å². The van der Waals surface area contributed by atoms with E-state index in [-0.39, 0.29) is 43.6 Å². The van der Waals surface area contributed by atoms with Crippen LogP contribution in [-0.2, 0) is 26.7 Å². The molecular formula is C26H40N4O6S2. The maximum atomic E-state index is 13.5. The summed E-state index contributed by atoms with van der Waals surface area (Å²) in [6.45, 7) is 2.78. The number of hydrogen-bond donors (Lipinski definition) is 2. The molecule has 0 spiro atoms. The SMILES string of the molecule is O=S(=O)(NCCCS(=O)(=O)N1CCC[C@@H]2CN3CCc4cc5c(cc4[C@@H]3C[C@@H]21)OCO5)NC1CCCCC1. The molecule has 1 saturated carbocycles. The van der Waals surface area contributed by atoms with Crippen LogP contribution in [0.3, 0.4) is 0 Å². The van der Waals surface area contributed by atoms with Gasteiger partial charge in [-0.05, 0) is 74.1 Å². The molecule has 10 nitrogen and oxygen atoms in total. The lowest BCUT2D eigenvalue weighted by atomic mass is 9.77. The molecule has 5 aliphatic rings. The van der Waals surface area contributed by atoms with Crippen LogP contribution in [0.4, 0.5) is 0 Å². The Kier molecular flexibility index (Phi) is 7.64. The van der Waals surface area contributed by atoms with Crippen LogP contribution in [0.5, 0.6) is 11.5 Å². The Hall–Kier alpha value is -1.44. The van der Waals surface area contributed by atoms with Crippen molar-refractivity contribution in [2.45, 2.75) is 82.3 Å². The largest absolute Gasteiger partial charge is 0.454 e. The minimum absolute atomic E-state index is 0.0220. The van der Waals surface area contributed by atoms with E-state index in [1.165, 1.54) is 11.1 Å². The Balaban J connectivity index is 1.09. The third-order valence-electron chi connectivity index (χ3n) is 9.06. The number of fused-ring (bicyclic) bond motifs is 5. The molecule has 1 aromatic carbocycles. The van der Waals surface area contributed by atoms with E-state index < -0.39 is 20.2 Å². The van der Waals surface area contributed by atoms with Crippen molar-refractivity contribution in [2.24, 2.45) is 5.92 Å². The third-order valence-corrected chi connectivity index (χ3v) is 12.3. The van der Waals surface area contributed by atoms with Gasteiger partial charge < -0.3 is 9.47 Å². The van der Waals surface area contributed by atoms with Gasteiger partial charge in [0.1, 0.15) is 0 Å². The average molecular weight is 569 g/mol. The quantitative estimate of drug-likeness (QED) is 0.462. The highest BCUT2D eigenvalue weighted by atomic mass is 32.2. The van der Waals surface area contributed by atoms with Crippen molar-refractivity contribution in [3.05, 3.63) is 23.3 Å². The zero-order valence-electron chi connectivity index (χ0n) is 21.9. The molecule has 12 heteroatoms. The molecule has 0 bridgehead atoms. The van der Waals surface area contributed by atoms with E-state index in [4.69, 9.17) is 9.47 Å². The smallest absolute Gasteiger partial charge is 0.277 e. The van der Waals surface area contributed by atoms with Gasteiger partial charge in [0.25, 0.3) is 10.2 Å². The van der Waals surface area contributed by atoms with Gasteiger partial charge in [-0.15, -0.1) is 0 Å². The summed E-state index contributed by atoms with van der Waals surface area (Å²) in [7, 11) is -7.13. The fourth-order valence-corrected chi connectivity index (χ4v) is 10.2. The van der Waals surface area contributed by atoms with Gasteiger partial charge >= 0.3 is 0 Å². The molecule has 0 unspecified atom stereocenters. The minimum Gasteiger partial charge on any atom is -0.454 e. The van der Waals surface area contributed by atoms with E-state index in [1.54, 1.807) is 4.31 Å². The van der Waals surface area contributed by atoms with Crippen LogP contribution in [0.1, 0.15) is 75.0 Å². The van der Waals surface area contributed by atoms with E-state index in [0.717, 1.165) is 82.4 Å². The predicted molar refractivity (Wildman–Crippen MR) is 144 cm³/mol. The summed E-state index contributed by atoms with van der Waals surface area (Å²) in [5.41, 5.74) is 2.51. The Labute approximate surface area is 226 Å². The molecule has 212 valence electrons.